The third-order valence-corrected chi connectivity index (χ3v) is 5.56. The van der Waals surface area contributed by atoms with E-state index in [1.54, 1.807) is 0 Å². The molecule has 4 rings (SSSR count). The Morgan fingerprint density at radius 1 is 0.412 bits per heavy atom. The third kappa shape index (κ3) is 3.12. The van der Waals surface area contributed by atoms with Crippen molar-refractivity contribution in [2.45, 2.75) is 0 Å². The molecular formula is C24H10O10. The lowest BCUT2D eigenvalue weighted by atomic mass is 9.89. The molecule has 0 aliphatic heterocycles. The van der Waals surface area contributed by atoms with E-state index in [9.17, 15) is 47.9 Å². The van der Waals surface area contributed by atoms with Crippen LogP contribution in [0.2, 0.25) is 0 Å². The highest BCUT2D eigenvalue weighted by atomic mass is 16.2. The van der Waals surface area contributed by atoms with Crippen LogP contribution in [0.1, 0.15) is 41.4 Å². The number of hydrogen-bond donors (Lipinski definition) is 0. The van der Waals surface area contributed by atoms with Crippen molar-refractivity contribution in [2.75, 3.05) is 0 Å². The summed E-state index contributed by atoms with van der Waals surface area (Å²) in [5.41, 5.74) is -0.606. The van der Waals surface area contributed by atoms with Crippen LogP contribution < -0.4 is 0 Å². The maximum Gasteiger partial charge on any atom is 0.280 e. The van der Waals surface area contributed by atoms with Crippen molar-refractivity contribution in [3.63, 3.8) is 0 Å². The van der Waals surface area contributed by atoms with Gasteiger partial charge in [0.05, 0.1) is 0 Å². The molecule has 2 aromatic carbocycles. The first-order chi connectivity index (χ1) is 16.1. The summed E-state index contributed by atoms with van der Waals surface area (Å²) in [6.45, 7) is 0. The van der Waals surface area contributed by atoms with Gasteiger partial charge in [-0.25, -0.2) is 0 Å². The van der Waals surface area contributed by atoms with E-state index in [1.807, 2.05) is 0 Å². The van der Waals surface area contributed by atoms with E-state index in [2.05, 4.69) is 0 Å². The number of ketones is 10. The van der Waals surface area contributed by atoms with Crippen LogP contribution in [0.15, 0.2) is 48.5 Å². The van der Waals surface area contributed by atoms with Gasteiger partial charge >= 0.3 is 0 Å². The van der Waals surface area contributed by atoms with Crippen LogP contribution in [0.5, 0.6) is 0 Å². The van der Waals surface area contributed by atoms with Crippen LogP contribution in [0.4, 0.5) is 0 Å². The minimum absolute atomic E-state index is 0.151. The summed E-state index contributed by atoms with van der Waals surface area (Å²) < 4.78 is 0. The Kier molecular flexibility index (Phi) is 5.21. The van der Waals surface area contributed by atoms with Gasteiger partial charge in [0.25, 0.3) is 23.1 Å². The average molecular weight is 458 g/mol. The molecular weight excluding hydrogens is 448 g/mol. The van der Waals surface area contributed by atoms with Crippen LogP contribution in [0.3, 0.4) is 0 Å². The second kappa shape index (κ2) is 7.93. The monoisotopic (exact) mass is 458 g/mol. The molecule has 0 saturated carbocycles. The predicted octanol–water partition coefficient (Wildman–Crippen LogP) is -0.208. The topological polar surface area (TPSA) is 171 Å². The van der Waals surface area contributed by atoms with Gasteiger partial charge in [0.15, 0.2) is 35.0 Å². The van der Waals surface area contributed by atoms with Crippen LogP contribution >= 0.6 is 0 Å². The molecule has 10 nitrogen and oxygen atoms in total. The molecule has 0 amide bonds. The van der Waals surface area contributed by atoms with Gasteiger partial charge in [-0.15, -0.1) is 0 Å². The van der Waals surface area contributed by atoms with E-state index >= 15 is 0 Å². The number of hydrogen-bond acceptors (Lipinski definition) is 10. The second-order valence-electron chi connectivity index (χ2n) is 7.46. The Bertz CT molecular complexity index is 1260. The molecule has 34 heavy (non-hydrogen) atoms. The van der Waals surface area contributed by atoms with E-state index in [0.717, 1.165) is 0 Å². The summed E-state index contributed by atoms with van der Waals surface area (Å²) in [5.74, 6) is -21.1. The van der Waals surface area contributed by atoms with Crippen molar-refractivity contribution in [3.8, 4) is 0 Å². The fourth-order valence-electron chi connectivity index (χ4n) is 3.85. The predicted molar refractivity (Wildman–Crippen MR) is 107 cm³/mol. The first kappa shape index (κ1) is 22.3. The molecule has 10 heteroatoms. The molecule has 0 heterocycles. The van der Waals surface area contributed by atoms with Gasteiger partial charge in [-0.2, -0.15) is 0 Å². The zero-order valence-electron chi connectivity index (χ0n) is 16.9. The van der Waals surface area contributed by atoms with E-state index < -0.39 is 69.7 Å². The van der Waals surface area contributed by atoms with Gasteiger partial charge in [-0.3, -0.25) is 47.9 Å². The van der Waals surface area contributed by atoms with Gasteiger partial charge < -0.3 is 0 Å². The SMILES string of the molecule is O=C(C(=O)C(=O)C(=O)C1C(=O)c2ccccc2C1=O)C(=O)C(=O)C1C(=O)c2ccccc2C1=O. The zero-order valence-corrected chi connectivity index (χ0v) is 16.9. The first-order valence-corrected chi connectivity index (χ1v) is 9.68. The third-order valence-electron chi connectivity index (χ3n) is 5.56. The number of Topliss-reactive ketones (excluding diaryl/α,β-unsaturated/α-hetero) is 10. The fourth-order valence-corrected chi connectivity index (χ4v) is 3.85. The lowest BCUT2D eigenvalue weighted by Crippen LogP contribution is -2.44. The molecule has 0 spiro atoms. The number of rotatable bonds is 7. The smallest absolute Gasteiger partial charge is 0.280 e. The molecule has 0 N–H and O–H groups in total. The minimum atomic E-state index is -2.25. The minimum Gasteiger partial charge on any atom is -0.293 e. The van der Waals surface area contributed by atoms with Crippen LogP contribution in [-0.2, 0) is 28.8 Å². The molecule has 0 fully saturated rings. The molecule has 166 valence electrons. The molecule has 0 aromatic heterocycles. The standard InChI is InChI=1S/C24H10O10/c25-15-9-5-1-2-6-10(9)16(26)13(15)19(29)21(31)23(33)24(34)22(32)20(30)14-17(27)11-7-3-4-8-12(11)18(14)28/h1-8,13-14H. The number of carbonyl (C=O) groups is 10. The van der Waals surface area contributed by atoms with Crippen molar-refractivity contribution < 1.29 is 47.9 Å². The highest BCUT2D eigenvalue weighted by Gasteiger charge is 2.51. The maximum absolute atomic E-state index is 12.4. The Labute approximate surface area is 188 Å². The van der Waals surface area contributed by atoms with Gasteiger partial charge in [0.1, 0.15) is 0 Å². The quantitative estimate of drug-likeness (QED) is 0.399. The lowest BCUT2D eigenvalue weighted by Gasteiger charge is -2.05. The van der Waals surface area contributed by atoms with Crippen molar-refractivity contribution in [1.29, 1.82) is 0 Å². The van der Waals surface area contributed by atoms with E-state index in [1.165, 1.54) is 48.5 Å². The van der Waals surface area contributed by atoms with Crippen molar-refractivity contribution in [1.82, 2.24) is 0 Å². The van der Waals surface area contributed by atoms with Crippen LogP contribution in [0.25, 0.3) is 0 Å². The Morgan fingerprint density at radius 3 is 0.882 bits per heavy atom. The number of benzene rings is 2. The van der Waals surface area contributed by atoms with Crippen LogP contribution in [-0.4, -0.2) is 57.8 Å². The van der Waals surface area contributed by atoms with Crippen LogP contribution in [0, 0.1) is 11.8 Å². The summed E-state index contributed by atoms with van der Waals surface area (Å²) in [7, 11) is 0. The zero-order chi connectivity index (χ0) is 24.9. The first-order valence-electron chi connectivity index (χ1n) is 9.68. The molecule has 2 aliphatic carbocycles. The Hall–Kier alpha value is -4.86. The molecule has 0 bridgehead atoms. The van der Waals surface area contributed by atoms with E-state index in [-0.39, 0.29) is 22.3 Å². The molecule has 0 radical (unpaired) electrons. The summed E-state index contributed by atoms with van der Waals surface area (Å²) in [6.07, 6.45) is 0. The van der Waals surface area contributed by atoms with E-state index in [0.29, 0.717) is 0 Å². The van der Waals surface area contributed by atoms with Crippen molar-refractivity contribution in [3.05, 3.63) is 70.8 Å². The maximum atomic E-state index is 12.4. The molecule has 0 unspecified atom stereocenters. The Balaban J connectivity index is 1.52. The highest BCUT2D eigenvalue weighted by Crippen LogP contribution is 2.29. The second-order valence-corrected chi connectivity index (χ2v) is 7.46. The molecule has 0 saturated heterocycles. The fraction of sp³-hybridized carbons (Fsp3) is 0.0833. The molecule has 0 atom stereocenters. The largest absolute Gasteiger partial charge is 0.293 e. The van der Waals surface area contributed by atoms with Gasteiger partial charge in [-0.05, 0) is 0 Å². The normalized spacial score (nSPS) is 15.2. The number of carbonyl (C=O) groups excluding carboxylic acids is 10. The number of fused-ring (bicyclic) bond motifs is 2. The molecule has 2 aliphatic rings. The average Bonchev–Trinajstić information content (AvgIpc) is 3.26. The summed E-state index contributed by atoms with van der Waals surface area (Å²) in [5, 5.41) is 0. The van der Waals surface area contributed by atoms with Crippen molar-refractivity contribution >= 4 is 57.8 Å². The summed E-state index contributed by atoms with van der Waals surface area (Å²) >= 11 is 0. The highest BCUT2D eigenvalue weighted by molar-refractivity contribution is 6.93. The van der Waals surface area contributed by atoms with E-state index in [4.69, 9.17) is 0 Å². The van der Waals surface area contributed by atoms with Crippen molar-refractivity contribution in [2.24, 2.45) is 11.8 Å². The lowest BCUT2D eigenvalue weighted by molar-refractivity contribution is -0.153. The Morgan fingerprint density at radius 2 is 0.647 bits per heavy atom. The van der Waals surface area contributed by atoms with Gasteiger partial charge in [0, 0.05) is 22.3 Å². The summed E-state index contributed by atoms with van der Waals surface area (Å²) in [6, 6.07) is 10.5. The van der Waals surface area contributed by atoms with Gasteiger partial charge in [-0.1, -0.05) is 48.5 Å². The molecule has 2 aromatic rings. The summed E-state index contributed by atoms with van der Waals surface area (Å²) in [4.78, 5) is 123. The van der Waals surface area contributed by atoms with Gasteiger partial charge in [0.2, 0.25) is 11.6 Å².